The third kappa shape index (κ3) is 5.63. The lowest BCUT2D eigenvalue weighted by Gasteiger charge is -2.64. The average molecular weight is 785 g/mol. The molecule has 9 N–H and O–H groups in total. The molecule has 0 amide bonds. The van der Waals surface area contributed by atoms with E-state index in [4.69, 9.17) is 23.7 Å². The zero-order chi connectivity index (χ0) is 40.1. The molecule has 5 aliphatic carbocycles. The molecule has 8 aliphatic rings. The zero-order valence-electron chi connectivity index (χ0n) is 33.6. The van der Waals surface area contributed by atoms with E-state index in [-0.39, 0.29) is 52.1 Å². The van der Waals surface area contributed by atoms with E-state index in [1.807, 2.05) is 13.8 Å². The topological polar surface area (TPSA) is 228 Å². The van der Waals surface area contributed by atoms with E-state index in [1.165, 1.54) is 0 Å². The summed E-state index contributed by atoms with van der Waals surface area (Å²) in [5, 5.41) is 96.5. The number of ether oxygens (including phenoxy) is 5. The summed E-state index contributed by atoms with van der Waals surface area (Å²) >= 11 is 0. The van der Waals surface area contributed by atoms with Gasteiger partial charge in [-0.05, 0) is 117 Å². The molecule has 5 saturated carbocycles. The first-order valence-electron chi connectivity index (χ1n) is 20.9. The Morgan fingerprint density at radius 1 is 0.691 bits per heavy atom. The van der Waals surface area contributed by atoms with Gasteiger partial charge in [0.05, 0.1) is 48.8 Å². The number of aliphatic hydroxyl groups excluding tert-OH is 9. The van der Waals surface area contributed by atoms with Crippen molar-refractivity contribution in [1.29, 1.82) is 0 Å². The van der Waals surface area contributed by atoms with E-state index in [9.17, 15) is 46.0 Å². The molecule has 0 unspecified atom stereocenters. The Morgan fingerprint density at radius 3 is 2.07 bits per heavy atom. The number of hydrogen-bond acceptors (Lipinski definition) is 14. The molecule has 0 aromatic rings. The Bertz CT molecular complexity index is 1460. The van der Waals surface area contributed by atoms with Crippen LogP contribution in [0.4, 0.5) is 0 Å². The first-order valence-corrected chi connectivity index (χ1v) is 20.9. The quantitative estimate of drug-likeness (QED) is 0.162. The fraction of sp³-hybridized carbons (Fsp3) is 1.00. The maximum Gasteiger partial charge on any atom is 0.187 e. The summed E-state index contributed by atoms with van der Waals surface area (Å²) in [4.78, 5) is 0. The van der Waals surface area contributed by atoms with Gasteiger partial charge in [-0.3, -0.25) is 0 Å². The molecule has 3 heterocycles. The second-order valence-corrected chi connectivity index (χ2v) is 21.0. The van der Waals surface area contributed by atoms with E-state index < -0.39 is 96.8 Å². The van der Waals surface area contributed by atoms with Crippen LogP contribution in [-0.4, -0.2) is 150 Å². The highest BCUT2D eigenvalue weighted by atomic mass is 16.7. The largest absolute Gasteiger partial charge is 0.394 e. The van der Waals surface area contributed by atoms with Crippen molar-refractivity contribution in [3.63, 3.8) is 0 Å². The second-order valence-electron chi connectivity index (χ2n) is 21.0. The molecule has 8 fully saturated rings. The smallest absolute Gasteiger partial charge is 0.187 e. The van der Waals surface area contributed by atoms with Gasteiger partial charge < -0.3 is 69.6 Å². The van der Waals surface area contributed by atoms with Crippen LogP contribution in [0.15, 0.2) is 0 Å². The van der Waals surface area contributed by atoms with Crippen molar-refractivity contribution < 1.29 is 69.6 Å². The van der Waals surface area contributed by atoms with Crippen LogP contribution in [0, 0.1) is 44.8 Å². The monoisotopic (exact) mass is 784 g/mol. The SMILES string of the molecule is CC(C)(O[C@H]1O[C@H](CO)[C@H](O)[C@@H](O)[C@H]1O)[C@@H]1CC[C@@](C)([C@@H]2[C@H](O)C[C@]3(C)[C@H]4C[C@H](O)[C@H]5C(C)(C)[C@H](O[C@H]6OC[C@@H](O)[C@@H](O)[C@H]6O)CC[C@]56C[C@]46CC[C@@]23C)O1. The standard InChI is InChI=1S/C41H68O14/c1-35(2)24(53-33-29(49)26(46)21(45)17-51-33)9-11-41-18-40(41)13-12-37(5)32(20(44)15-38(37,6)23(40)14-19(43)31(35)41)39(7)10-8-25(54-39)36(3,4)55-34-30(50)28(48)27(47)22(16-42)52-34/h19-34,42-50H,8-18H2,1-7H3/t19-,20+,21+,22+,23+,24+,25-,26+,27-,28+,29+,30+,31-,32+,33+,34+,37-,38+,39-,40+,41-/m0/s1. The van der Waals surface area contributed by atoms with Crippen molar-refractivity contribution in [1.82, 2.24) is 0 Å². The molecule has 0 aromatic heterocycles. The summed E-state index contributed by atoms with van der Waals surface area (Å²) in [5.74, 6) is -0.0233. The number of rotatable bonds is 7. The number of hydrogen-bond donors (Lipinski definition) is 9. The highest BCUT2D eigenvalue weighted by Gasteiger charge is 2.85. The fourth-order valence-corrected chi connectivity index (χ4v) is 15.0. The van der Waals surface area contributed by atoms with Crippen molar-refractivity contribution in [3.05, 3.63) is 0 Å². The molecule has 2 spiro atoms. The molecule has 14 nitrogen and oxygen atoms in total. The van der Waals surface area contributed by atoms with Gasteiger partial charge in [-0.15, -0.1) is 0 Å². The van der Waals surface area contributed by atoms with Crippen LogP contribution >= 0.6 is 0 Å². The van der Waals surface area contributed by atoms with E-state index in [0.717, 1.165) is 32.1 Å². The van der Waals surface area contributed by atoms with E-state index >= 15 is 0 Å². The Morgan fingerprint density at radius 2 is 1.38 bits per heavy atom. The molecule has 21 atom stereocenters. The minimum absolute atomic E-state index is 0.0321. The molecule has 3 aliphatic heterocycles. The first kappa shape index (κ1) is 41.2. The van der Waals surface area contributed by atoms with Gasteiger partial charge in [0.2, 0.25) is 0 Å². The molecule has 14 heteroatoms. The van der Waals surface area contributed by atoms with Gasteiger partial charge in [0.1, 0.15) is 42.7 Å². The molecule has 8 rings (SSSR count). The van der Waals surface area contributed by atoms with Gasteiger partial charge in [-0.25, -0.2) is 0 Å². The molecule has 316 valence electrons. The molecule has 0 aromatic carbocycles. The lowest BCUT2D eigenvalue weighted by molar-refractivity contribution is -0.334. The molecule has 0 bridgehead atoms. The molecule has 3 saturated heterocycles. The highest BCUT2D eigenvalue weighted by molar-refractivity contribution is 5.33. The van der Waals surface area contributed by atoms with Crippen LogP contribution in [0.5, 0.6) is 0 Å². The zero-order valence-corrected chi connectivity index (χ0v) is 33.6. The van der Waals surface area contributed by atoms with Gasteiger partial charge in [0.15, 0.2) is 12.6 Å². The number of fused-ring (bicyclic) bond motifs is 2. The molecular formula is C41H68O14. The minimum atomic E-state index is -1.55. The summed E-state index contributed by atoms with van der Waals surface area (Å²) in [7, 11) is 0. The van der Waals surface area contributed by atoms with Crippen LogP contribution in [-0.2, 0) is 23.7 Å². The van der Waals surface area contributed by atoms with Crippen LogP contribution in [0.3, 0.4) is 0 Å². The summed E-state index contributed by atoms with van der Waals surface area (Å²) in [6.07, 6.45) is -6.76. The Balaban J connectivity index is 0.998. The molecular weight excluding hydrogens is 716 g/mol. The van der Waals surface area contributed by atoms with Crippen molar-refractivity contribution >= 4 is 0 Å². The normalized spacial score (nSPS) is 58.7. The van der Waals surface area contributed by atoms with Crippen LogP contribution in [0.25, 0.3) is 0 Å². The van der Waals surface area contributed by atoms with Gasteiger partial charge in [-0.2, -0.15) is 0 Å². The van der Waals surface area contributed by atoms with Crippen LogP contribution in [0.1, 0.15) is 106 Å². The third-order valence-corrected chi connectivity index (χ3v) is 17.7. The summed E-state index contributed by atoms with van der Waals surface area (Å²) in [6, 6.07) is 0. The maximum atomic E-state index is 12.3. The highest BCUT2D eigenvalue weighted by Crippen LogP contribution is 2.89. The first-order chi connectivity index (χ1) is 25.5. The van der Waals surface area contributed by atoms with Crippen molar-refractivity contribution in [2.24, 2.45) is 44.8 Å². The Kier molecular flexibility index (Phi) is 9.90. The summed E-state index contributed by atoms with van der Waals surface area (Å²) in [6.45, 7) is 14.1. The molecule has 55 heavy (non-hydrogen) atoms. The number of aliphatic hydroxyl groups is 9. The predicted molar refractivity (Wildman–Crippen MR) is 194 cm³/mol. The van der Waals surface area contributed by atoms with Gasteiger partial charge in [-0.1, -0.05) is 27.7 Å². The van der Waals surface area contributed by atoms with Crippen LogP contribution < -0.4 is 0 Å². The van der Waals surface area contributed by atoms with E-state index in [0.29, 0.717) is 25.7 Å². The average Bonchev–Trinajstić information content (AvgIpc) is 3.47. The van der Waals surface area contributed by atoms with Gasteiger partial charge in [0.25, 0.3) is 0 Å². The maximum absolute atomic E-state index is 12.3. The van der Waals surface area contributed by atoms with E-state index in [1.54, 1.807) is 0 Å². The minimum Gasteiger partial charge on any atom is -0.394 e. The second kappa shape index (κ2) is 13.2. The third-order valence-electron chi connectivity index (χ3n) is 17.7. The summed E-state index contributed by atoms with van der Waals surface area (Å²) < 4.78 is 31.0. The Hall–Kier alpha value is -0.560. The van der Waals surface area contributed by atoms with Crippen molar-refractivity contribution in [2.45, 2.75) is 197 Å². The van der Waals surface area contributed by atoms with Gasteiger partial charge >= 0.3 is 0 Å². The molecule has 0 radical (unpaired) electrons. The van der Waals surface area contributed by atoms with E-state index in [2.05, 4.69) is 34.6 Å². The van der Waals surface area contributed by atoms with Crippen molar-refractivity contribution in [3.8, 4) is 0 Å². The van der Waals surface area contributed by atoms with Crippen LogP contribution in [0.2, 0.25) is 0 Å². The fourth-order valence-electron chi connectivity index (χ4n) is 15.0. The van der Waals surface area contributed by atoms with Crippen molar-refractivity contribution in [2.75, 3.05) is 13.2 Å². The Labute approximate surface area is 324 Å². The lowest BCUT2D eigenvalue weighted by Crippen LogP contribution is -2.63. The van der Waals surface area contributed by atoms with Gasteiger partial charge in [0, 0.05) is 5.92 Å². The lowest BCUT2D eigenvalue weighted by atomic mass is 9.41. The predicted octanol–water partition coefficient (Wildman–Crippen LogP) is 0.724. The summed E-state index contributed by atoms with van der Waals surface area (Å²) in [5.41, 5.74) is -2.74.